The Morgan fingerprint density at radius 2 is 1.84 bits per heavy atom. The van der Waals surface area contributed by atoms with Crippen molar-refractivity contribution in [1.82, 2.24) is 15.1 Å². The summed E-state index contributed by atoms with van der Waals surface area (Å²) in [6.07, 6.45) is -5.85. The maximum Gasteiger partial charge on any atom is 0.416 e. The summed E-state index contributed by atoms with van der Waals surface area (Å²) in [5, 5.41) is 14.4. The van der Waals surface area contributed by atoms with Crippen molar-refractivity contribution in [2.24, 2.45) is 0 Å². The molecule has 2 aromatic rings. The molecule has 2 atom stereocenters. The number of rotatable bonds is 10. The fraction of sp³-hybridized carbons (Fsp3) is 0.385. The number of hydrogen-bond acceptors (Lipinski definition) is 6. The Morgan fingerprint density at radius 1 is 1.16 bits per heavy atom. The van der Waals surface area contributed by atoms with Crippen molar-refractivity contribution >= 4 is 27.8 Å². The van der Waals surface area contributed by atoms with Crippen LogP contribution >= 0.6 is 15.9 Å². The molecule has 1 unspecified atom stereocenters. The SMILES string of the molecule is COC(=O)CCCN[C@@H](CN1C(=O)C(Br)=C(C)N(Cc2c(F)cccc2C(F)(F)F)C1O)c1ccccc1. The number of ether oxygens (including phenoxy) is 1. The number of nitrogens with one attached hydrogen (secondary N) is 1. The van der Waals surface area contributed by atoms with Crippen LogP contribution in [0.3, 0.4) is 0 Å². The third-order valence-corrected chi connectivity index (χ3v) is 7.18. The summed E-state index contributed by atoms with van der Waals surface area (Å²) >= 11 is 3.20. The highest BCUT2D eigenvalue weighted by molar-refractivity contribution is 9.12. The quantitative estimate of drug-likeness (QED) is 0.234. The van der Waals surface area contributed by atoms with Gasteiger partial charge in [-0.1, -0.05) is 36.4 Å². The minimum Gasteiger partial charge on any atom is -0.469 e. The van der Waals surface area contributed by atoms with E-state index in [-0.39, 0.29) is 29.1 Å². The van der Waals surface area contributed by atoms with Gasteiger partial charge in [0.1, 0.15) is 10.3 Å². The number of alkyl halides is 3. The van der Waals surface area contributed by atoms with Crippen LogP contribution in [-0.4, -0.2) is 53.3 Å². The molecule has 2 aromatic carbocycles. The molecule has 2 N–H and O–H groups in total. The van der Waals surface area contributed by atoms with E-state index in [9.17, 15) is 32.3 Å². The van der Waals surface area contributed by atoms with E-state index in [1.807, 2.05) is 18.2 Å². The van der Waals surface area contributed by atoms with Gasteiger partial charge in [0.15, 0.2) is 0 Å². The zero-order valence-corrected chi connectivity index (χ0v) is 22.4. The van der Waals surface area contributed by atoms with Crippen molar-refractivity contribution in [2.75, 3.05) is 20.2 Å². The van der Waals surface area contributed by atoms with Crippen LogP contribution in [0.1, 0.15) is 42.5 Å². The van der Waals surface area contributed by atoms with Gasteiger partial charge in [0.05, 0.1) is 25.3 Å². The molecule has 206 valence electrons. The molecule has 0 radical (unpaired) electrons. The number of allylic oxidation sites excluding steroid dienone is 1. The van der Waals surface area contributed by atoms with Crippen molar-refractivity contribution in [3.05, 3.63) is 81.2 Å². The van der Waals surface area contributed by atoms with Crippen LogP contribution < -0.4 is 5.32 Å². The monoisotopic (exact) mass is 601 g/mol. The van der Waals surface area contributed by atoms with Crippen molar-refractivity contribution in [3.8, 4) is 0 Å². The first-order valence-corrected chi connectivity index (χ1v) is 12.6. The maximum absolute atomic E-state index is 14.6. The number of nitrogens with zero attached hydrogens (tertiary/aromatic N) is 2. The molecular weight excluding hydrogens is 574 g/mol. The first kappa shape index (κ1) is 29.6. The first-order valence-electron chi connectivity index (χ1n) is 11.8. The molecule has 0 fully saturated rings. The van der Waals surface area contributed by atoms with Gasteiger partial charge in [-0.15, -0.1) is 0 Å². The van der Waals surface area contributed by atoms with Crippen molar-refractivity contribution in [2.45, 2.75) is 44.9 Å². The average molecular weight is 602 g/mol. The number of carbonyl (C=O) groups is 2. The zero-order valence-electron chi connectivity index (χ0n) is 20.8. The number of esters is 1. The lowest BCUT2D eigenvalue weighted by Crippen LogP contribution is -2.56. The van der Waals surface area contributed by atoms with E-state index in [1.54, 1.807) is 12.1 Å². The molecule has 0 bridgehead atoms. The Hall–Kier alpha value is -2.96. The number of hydrogen-bond donors (Lipinski definition) is 2. The largest absolute Gasteiger partial charge is 0.469 e. The van der Waals surface area contributed by atoms with E-state index in [2.05, 4.69) is 26.0 Å². The highest BCUT2D eigenvalue weighted by Crippen LogP contribution is 2.36. The summed E-state index contributed by atoms with van der Waals surface area (Å²) < 4.78 is 60.1. The predicted octanol–water partition coefficient (Wildman–Crippen LogP) is 4.68. The second-order valence-corrected chi connectivity index (χ2v) is 9.49. The number of halogens is 5. The molecule has 1 aliphatic heterocycles. The Kier molecular flexibility index (Phi) is 9.91. The lowest BCUT2D eigenvalue weighted by atomic mass is 10.0. The third kappa shape index (κ3) is 6.91. The molecular formula is C26H28BrF4N3O4. The zero-order chi connectivity index (χ0) is 28.0. The number of aliphatic hydroxyl groups is 1. The smallest absolute Gasteiger partial charge is 0.416 e. The van der Waals surface area contributed by atoms with E-state index in [0.29, 0.717) is 13.0 Å². The Morgan fingerprint density at radius 3 is 2.47 bits per heavy atom. The minimum atomic E-state index is -4.81. The van der Waals surface area contributed by atoms with Gasteiger partial charge < -0.3 is 20.1 Å². The lowest BCUT2D eigenvalue weighted by Gasteiger charge is -2.43. The molecule has 0 aliphatic carbocycles. The van der Waals surface area contributed by atoms with Crippen LogP contribution in [0, 0.1) is 5.82 Å². The second kappa shape index (κ2) is 12.7. The fourth-order valence-electron chi connectivity index (χ4n) is 4.17. The van der Waals surface area contributed by atoms with E-state index >= 15 is 0 Å². The van der Waals surface area contributed by atoms with Gasteiger partial charge in [-0.05, 0) is 53.5 Å². The third-order valence-electron chi connectivity index (χ3n) is 6.26. The van der Waals surface area contributed by atoms with Gasteiger partial charge in [-0.2, -0.15) is 13.2 Å². The van der Waals surface area contributed by atoms with Crippen molar-refractivity contribution in [1.29, 1.82) is 0 Å². The molecule has 1 heterocycles. The van der Waals surface area contributed by atoms with Crippen LogP contribution in [0.2, 0.25) is 0 Å². The molecule has 38 heavy (non-hydrogen) atoms. The molecule has 1 amide bonds. The number of aliphatic hydroxyl groups excluding tert-OH is 1. The summed E-state index contributed by atoms with van der Waals surface area (Å²) in [5.41, 5.74) is -0.856. The van der Waals surface area contributed by atoms with E-state index < -0.39 is 48.0 Å². The van der Waals surface area contributed by atoms with Gasteiger partial charge in [-0.3, -0.25) is 14.5 Å². The van der Waals surface area contributed by atoms with E-state index in [4.69, 9.17) is 0 Å². The van der Waals surface area contributed by atoms with Gasteiger partial charge in [0, 0.05) is 24.2 Å². The summed E-state index contributed by atoms with van der Waals surface area (Å²) in [4.78, 5) is 26.8. The fourth-order valence-corrected chi connectivity index (χ4v) is 4.62. The predicted molar refractivity (Wildman–Crippen MR) is 135 cm³/mol. The van der Waals surface area contributed by atoms with Gasteiger partial charge in [-0.25, -0.2) is 4.39 Å². The standard InChI is InChI=1S/C26H28BrF4N3O4/c1-16-23(27)24(36)34(15-21(17-8-4-3-5-9-17)32-13-7-12-22(35)38-2)25(37)33(16)14-18-19(26(29,30)31)10-6-11-20(18)28/h3-6,8-11,21,25,32,37H,7,12-15H2,1-2H3/t21-,25?/m0/s1. The molecule has 3 rings (SSSR count). The summed E-state index contributed by atoms with van der Waals surface area (Å²) in [5.74, 6) is -2.02. The first-order chi connectivity index (χ1) is 18.0. The van der Waals surface area contributed by atoms with Gasteiger partial charge in [0.2, 0.25) is 6.35 Å². The van der Waals surface area contributed by atoms with Crippen LogP contribution in [0.25, 0.3) is 0 Å². The summed E-state index contributed by atoms with van der Waals surface area (Å²) in [6.45, 7) is 1.15. The van der Waals surface area contributed by atoms with E-state index in [0.717, 1.165) is 33.6 Å². The molecule has 0 saturated heterocycles. The number of amides is 1. The lowest BCUT2D eigenvalue weighted by molar-refractivity contribution is -0.158. The van der Waals surface area contributed by atoms with Crippen molar-refractivity contribution in [3.63, 3.8) is 0 Å². The highest BCUT2D eigenvalue weighted by atomic mass is 79.9. The van der Waals surface area contributed by atoms with Crippen LogP contribution in [0.15, 0.2) is 58.7 Å². The number of carbonyl (C=O) groups excluding carboxylic acids is 2. The molecule has 0 aromatic heterocycles. The van der Waals surface area contributed by atoms with Crippen LogP contribution in [0.5, 0.6) is 0 Å². The molecule has 7 nitrogen and oxygen atoms in total. The molecule has 12 heteroatoms. The highest BCUT2D eigenvalue weighted by Gasteiger charge is 2.40. The molecule has 0 spiro atoms. The number of methoxy groups -OCH3 is 1. The van der Waals surface area contributed by atoms with E-state index in [1.165, 1.54) is 14.0 Å². The molecule has 0 saturated carbocycles. The second-order valence-electron chi connectivity index (χ2n) is 8.69. The normalized spacial score (nSPS) is 17.2. The van der Waals surface area contributed by atoms with Crippen LogP contribution in [-0.2, 0) is 27.0 Å². The van der Waals surface area contributed by atoms with Gasteiger partial charge >= 0.3 is 12.1 Å². The Bertz CT molecular complexity index is 1180. The number of benzene rings is 2. The molecule has 1 aliphatic rings. The summed E-state index contributed by atoms with van der Waals surface area (Å²) in [7, 11) is 1.30. The van der Waals surface area contributed by atoms with Crippen LogP contribution in [0.4, 0.5) is 17.6 Å². The van der Waals surface area contributed by atoms with Crippen molar-refractivity contribution < 1.29 is 37.0 Å². The Balaban J connectivity index is 1.89. The minimum absolute atomic E-state index is 0.0326. The average Bonchev–Trinajstić information content (AvgIpc) is 2.89. The maximum atomic E-state index is 14.6. The topological polar surface area (TPSA) is 82.1 Å². The Labute approximate surface area is 226 Å². The van der Waals surface area contributed by atoms with Gasteiger partial charge in [0.25, 0.3) is 5.91 Å². The summed E-state index contributed by atoms with van der Waals surface area (Å²) in [6, 6.07) is 11.2.